The average Bonchev–Trinajstić information content (AvgIpc) is 3.42. The monoisotopic (exact) mass is 645 g/mol. The van der Waals surface area contributed by atoms with Crippen molar-refractivity contribution in [3.63, 3.8) is 0 Å². The predicted molar refractivity (Wildman–Crippen MR) is 153 cm³/mol. The Morgan fingerprint density at radius 3 is 2.50 bits per heavy atom. The van der Waals surface area contributed by atoms with Gasteiger partial charge in [-0.1, -0.05) is 23.9 Å². The number of phenols is 1. The summed E-state index contributed by atoms with van der Waals surface area (Å²) in [5.41, 5.74) is 0.536. The number of nitrogens with one attached hydrogen (secondary N) is 2. The molecule has 17 nitrogen and oxygen atoms in total. The number of fused-ring (bicyclic) bond motifs is 1. The van der Waals surface area contributed by atoms with Crippen molar-refractivity contribution < 1.29 is 39.0 Å². The number of thioether (sulfide) groups is 2. The van der Waals surface area contributed by atoms with Crippen LogP contribution >= 0.6 is 23.5 Å². The molecule has 19 heteroatoms. The number of hydrogen-bond acceptors (Lipinski definition) is 12. The van der Waals surface area contributed by atoms with Crippen molar-refractivity contribution in [1.82, 2.24) is 45.5 Å². The average molecular weight is 646 g/mol. The molecule has 0 bridgehead atoms. The van der Waals surface area contributed by atoms with Crippen LogP contribution in [0.5, 0.6) is 5.75 Å². The number of phenolic OH excluding ortho intramolecular Hbond substituents is 1. The maximum absolute atomic E-state index is 13.6. The van der Waals surface area contributed by atoms with E-state index in [4.69, 9.17) is 0 Å². The first-order valence-electron chi connectivity index (χ1n) is 13.3. The van der Waals surface area contributed by atoms with E-state index in [1.807, 2.05) is 0 Å². The van der Waals surface area contributed by atoms with Gasteiger partial charge in [-0.2, -0.15) is 0 Å². The van der Waals surface area contributed by atoms with Gasteiger partial charge in [-0.05, 0) is 40.6 Å². The van der Waals surface area contributed by atoms with Gasteiger partial charge >= 0.3 is 23.8 Å². The molecule has 1 aromatic carbocycles. The number of carbonyl (C=O) groups is 6. The first kappa shape index (κ1) is 30.8. The number of likely N-dealkylation sites (N-methyl/N-ethyl adjacent to an activating group) is 1. The quantitative estimate of drug-likeness (QED) is 0.145. The summed E-state index contributed by atoms with van der Waals surface area (Å²) >= 11 is 2.49. The van der Waals surface area contributed by atoms with E-state index in [1.54, 1.807) is 14.0 Å². The number of carboxylic acid groups (broad SMARTS) is 1. The molecule has 2 saturated heterocycles. The number of nitrogens with zero attached hydrogens (tertiary/aromatic N) is 7. The number of aromatic nitrogens is 4. The predicted octanol–water partition coefficient (Wildman–Crippen LogP) is -1.11. The van der Waals surface area contributed by atoms with E-state index in [-0.39, 0.29) is 41.6 Å². The Morgan fingerprint density at radius 1 is 1.14 bits per heavy atom. The first-order valence-corrected chi connectivity index (χ1v) is 15.3. The van der Waals surface area contributed by atoms with Gasteiger partial charge in [-0.25, -0.2) is 14.3 Å². The number of piperazine rings is 1. The molecule has 44 heavy (non-hydrogen) atoms. The van der Waals surface area contributed by atoms with E-state index in [9.17, 15) is 39.0 Å². The molecule has 2 aromatic rings. The summed E-state index contributed by atoms with van der Waals surface area (Å²) in [5, 5.41) is 35.6. The van der Waals surface area contributed by atoms with Gasteiger partial charge in [0.25, 0.3) is 5.91 Å². The number of carboxylic acids is 1. The van der Waals surface area contributed by atoms with Crippen LogP contribution in [0.2, 0.25) is 0 Å². The Kier molecular flexibility index (Phi) is 8.77. The van der Waals surface area contributed by atoms with Crippen molar-refractivity contribution in [1.29, 1.82) is 0 Å². The number of imide groups is 1. The van der Waals surface area contributed by atoms with E-state index in [2.05, 4.69) is 26.2 Å². The summed E-state index contributed by atoms with van der Waals surface area (Å²) in [4.78, 5) is 80.1. The number of rotatable bonds is 9. The fraction of sp³-hybridized carbons (Fsp3) is 0.400. The lowest BCUT2D eigenvalue weighted by Crippen LogP contribution is -2.71. The third kappa shape index (κ3) is 5.79. The Bertz CT molecular complexity index is 1560. The van der Waals surface area contributed by atoms with Crippen LogP contribution in [0.25, 0.3) is 0 Å². The molecule has 3 aliphatic heterocycles. The minimum Gasteiger partial charge on any atom is -0.508 e. The van der Waals surface area contributed by atoms with E-state index >= 15 is 0 Å². The van der Waals surface area contributed by atoms with Gasteiger partial charge in [-0.3, -0.25) is 29.0 Å². The number of carbonyl (C=O) groups excluding carboxylic acids is 5. The molecule has 4 N–H and O–H groups in total. The van der Waals surface area contributed by atoms with Gasteiger partial charge in [0.15, 0.2) is 0 Å². The van der Waals surface area contributed by atoms with Crippen LogP contribution < -0.4 is 10.6 Å². The number of hydrogen-bond donors (Lipinski definition) is 4. The van der Waals surface area contributed by atoms with Gasteiger partial charge in [0.2, 0.25) is 11.1 Å². The fourth-order valence-electron chi connectivity index (χ4n) is 4.86. The van der Waals surface area contributed by atoms with Crippen molar-refractivity contribution >= 4 is 59.2 Å². The highest BCUT2D eigenvalue weighted by Crippen LogP contribution is 2.41. The van der Waals surface area contributed by atoms with Crippen molar-refractivity contribution in [3.05, 3.63) is 41.1 Å². The van der Waals surface area contributed by atoms with Crippen molar-refractivity contribution in [3.8, 4) is 5.75 Å². The molecule has 1 aromatic heterocycles. The maximum Gasteiger partial charge on any atom is 0.352 e. The number of aryl methyl sites for hydroxylation is 1. The lowest BCUT2D eigenvalue weighted by molar-refractivity contribution is -0.153. The standard InChI is InChI=1S/C25H27N9O8S2/c1-3-32-8-9-33(21(39)20(32)38)24(42)27-15(12-4-6-14(35)7-5-12)18(36)26-16-19(37)34-17(23(40)41)13(10-43-22(16)34)11-44-25-28-29-30-31(25)2/h4-7,15-16,22,35H,3,8-11H2,1-2H3,(H,26,36)(H,27,42)(H,40,41)/t15-,16-,22-/m0/s1. The maximum atomic E-state index is 13.6. The highest BCUT2D eigenvalue weighted by Gasteiger charge is 2.54. The zero-order valence-electron chi connectivity index (χ0n) is 23.4. The zero-order valence-corrected chi connectivity index (χ0v) is 25.0. The van der Waals surface area contributed by atoms with E-state index in [0.29, 0.717) is 22.2 Å². The lowest BCUT2D eigenvalue weighted by Gasteiger charge is -2.49. The van der Waals surface area contributed by atoms with E-state index < -0.39 is 53.1 Å². The summed E-state index contributed by atoms with van der Waals surface area (Å²) in [7, 11) is 1.64. The summed E-state index contributed by atoms with van der Waals surface area (Å²) < 4.78 is 1.44. The van der Waals surface area contributed by atoms with Crippen molar-refractivity contribution in [2.24, 2.45) is 7.05 Å². The van der Waals surface area contributed by atoms with Crippen LogP contribution in [0, 0.1) is 0 Å². The molecule has 0 spiro atoms. The largest absolute Gasteiger partial charge is 0.508 e. The van der Waals surface area contributed by atoms with Gasteiger partial charge in [0.1, 0.15) is 28.9 Å². The fourth-order valence-corrected chi connectivity index (χ4v) is 7.20. The number of urea groups is 1. The highest BCUT2D eigenvalue weighted by atomic mass is 32.2. The molecule has 5 rings (SSSR count). The molecule has 3 aliphatic rings. The summed E-state index contributed by atoms with van der Waals surface area (Å²) in [6.45, 7) is 2.04. The van der Waals surface area contributed by atoms with Crippen LogP contribution in [0.4, 0.5) is 4.79 Å². The Balaban J connectivity index is 1.31. The van der Waals surface area contributed by atoms with Gasteiger partial charge in [0.05, 0.1) is 0 Å². The van der Waals surface area contributed by atoms with Crippen LogP contribution in [0.15, 0.2) is 40.7 Å². The molecule has 2 fully saturated rings. The normalized spacial score (nSPS) is 20.7. The zero-order chi connectivity index (χ0) is 31.7. The molecule has 0 radical (unpaired) electrons. The second-order valence-electron chi connectivity index (χ2n) is 9.84. The van der Waals surface area contributed by atoms with Crippen LogP contribution in [-0.4, -0.2) is 123 Å². The summed E-state index contributed by atoms with van der Waals surface area (Å²) in [6, 6.07) is 1.84. The molecule has 3 atom stereocenters. The summed E-state index contributed by atoms with van der Waals surface area (Å²) in [5.74, 6) is -4.26. The Morgan fingerprint density at radius 2 is 1.86 bits per heavy atom. The highest BCUT2D eigenvalue weighted by molar-refractivity contribution is 8.01. The van der Waals surface area contributed by atoms with Crippen LogP contribution in [-0.2, 0) is 31.0 Å². The second-order valence-corrected chi connectivity index (χ2v) is 11.9. The third-order valence-corrected chi connectivity index (χ3v) is 9.63. The minimum atomic E-state index is -1.42. The minimum absolute atomic E-state index is 0.0823. The number of benzene rings is 1. The first-order chi connectivity index (χ1) is 21.0. The number of β-lactam (4-membered cyclic amide) rings is 1. The Hall–Kier alpha value is -4.65. The van der Waals surface area contributed by atoms with Gasteiger partial charge < -0.3 is 25.7 Å². The second kappa shape index (κ2) is 12.5. The van der Waals surface area contributed by atoms with Crippen molar-refractivity contribution in [2.75, 3.05) is 31.1 Å². The SMILES string of the molecule is CCN1CCN(C(=O)N[C@H](C(=O)N[C@H]2C(=O)N3C(C(=O)O)=C(CSc4nnnn4C)CS[C@@H]23)c2ccc(O)cc2)C(=O)C1=O. The number of aliphatic carboxylic acids is 1. The van der Waals surface area contributed by atoms with Gasteiger partial charge in [-0.15, -0.1) is 16.9 Å². The number of aromatic hydroxyl groups is 1. The van der Waals surface area contributed by atoms with Crippen LogP contribution in [0.1, 0.15) is 18.5 Å². The molecule has 0 unspecified atom stereocenters. The molecule has 0 saturated carbocycles. The number of tetrazole rings is 1. The van der Waals surface area contributed by atoms with E-state index in [1.165, 1.54) is 57.4 Å². The summed E-state index contributed by atoms with van der Waals surface area (Å²) in [6.07, 6.45) is 0. The van der Waals surface area contributed by atoms with Gasteiger partial charge in [0, 0.05) is 38.2 Å². The molecule has 0 aliphatic carbocycles. The smallest absolute Gasteiger partial charge is 0.352 e. The van der Waals surface area contributed by atoms with E-state index in [0.717, 1.165) is 4.90 Å². The number of amides is 6. The molecule has 4 heterocycles. The topological polar surface area (TPSA) is 220 Å². The van der Waals surface area contributed by atoms with Crippen LogP contribution in [0.3, 0.4) is 0 Å². The third-order valence-electron chi connectivity index (χ3n) is 7.20. The lowest BCUT2D eigenvalue weighted by atomic mass is 10.0. The Labute approximate surface area is 258 Å². The molecular weight excluding hydrogens is 618 g/mol. The van der Waals surface area contributed by atoms with Crippen molar-refractivity contribution in [2.45, 2.75) is 29.5 Å². The molecular formula is C25H27N9O8S2. The molecule has 232 valence electrons. The molecule has 6 amide bonds.